The van der Waals surface area contributed by atoms with Crippen molar-refractivity contribution >= 4 is 11.5 Å². The lowest BCUT2D eigenvalue weighted by Gasteiger charge is -2.11. The van der Waals surface area contributed by atoms with Crippen molar-refractivity contribution in [3.05, 3.63) is 59.2 Å². The number of nitrogens with one attached hydrogen (secondary N) is 1. The van der Waals surface area contributed by atoms with Crippen molar-refractivity contribution in [2.45, 2.75) is 27.7 Å². The van der Waals surface area contributed by atoms with Crippen molar-refractivity contribution < 1.29 is 0 Å². The molecule has 0 aliphatic carbocycles. The van der Waals surface area contributed by atoms with Crippen LogP contribution in [0.5, 0.6) is 0 Å². The zero-order chi connectivity index (χ0) is 15.7. The number of aromatic nitrogens is 4. The van der Waals surface area contributed by atoms with Crippen LogP contribution in [-0.4, -0.2) is 19.7 Å². The highest BCUT2D eigenvalue weighted by Crippen LogP contribution is 2.21. The summed E-state index contributed by atoms with van der Waals surface area (Å²) in [6.07, 6.45) is 1.55. The Bertz CT molecular complexity index is 820. The van der Waals surface area contributed by atoms with Crippen molar-refractivity contribution in [2.24, 2.45) is 0 Å². The second-order valence-electron chi connectivity index (χ2n) is 5.54. The fraction of sp³-hybridized carbons (Fsp3) is 0.235. The number of hydrogen-bond acceptors (Lipinski definition) is 4. The second kappa shape index (κ2) is 5.60. The summed E-state index contributed by atoms with van der Waals surface area (Å²) in [5.41, 5.74) is 5.46. The van der Waals surface area contributed by atoms with Gasteiger partial charge in [-0.15, -0.1) is 0 Å². The molecule has 0 saturated heterocycles. The second-order valence-corrected chi connectivity index (χ2v) is 5.54. The molecule has 0 spiro atoms. The Morgan fingerprint density at radius 2 is 1.77 bits per heavy atom. The van der Waals surface area contributed by atoms with Crippen LogP contribution in [-0.2, 0) is 0 Å². The average molecular weight is 293 g/mol. The van der Waals surface area contributed by atoms with Gasteiger partial charge < -0.3 is 5.32 Å². The van der Waals surface area contributed by atoms with Crippen LogP contribution < -0.4 is 5.32 Å². The Kier molecular flexibility index (Phi) is 3.63. The van der Waals surface area contributed by atoms with Crippen LogP contribution in [0.3, 0.4) is 0 Å². The fourth-order valence-electron chi connectivity index (χ4n) is 2.40. The normalized spacial score (nSPS) is 10.7. The lowest BCUT2D eigenvalue weighted by Crippen LogP contribution is -2.04. The maximum atomic E-state index is 4.46. The van der Waals surface area contributed by atoms with Crippen molar-refractivity contribution in [2.75, 3.05) is 5.32 Å². The molecule has 1 aromatic carbocycles. The summed E-state index contributed by atoms with van der Waals surface area (Å²) < 4.78 is 1.82. The van der Waals surface area contributed by atoms with E-state index in [1.807, 2.05) is 30.7 Å². The third-order valence-corrected chi connectivity index (χ3v) is 3.54. The Morgan fingerprint density at radius 1 is 0.955 bits per heavy atom. The van der Waals surface area contributed by atoms with Crippen LogP contribution in [0.2, 0.25) is 0 Å². The molecule has 3 aromatic rings. The van der Waals surface area contributed by atoms with E-state index >= 15 is 0 Å². The molecular formula is C17H19N5. The number of hydrogen-bond donors (Lipinski definition) is 1. The van der Waals surface area contributed by atoms with Gasteiger partial charge >= 0.3 is 0 Å². The summed E-state index contributed by atoms with van der Waals surface area (Å²) in [5, 5.41) is 7.82. The minimum Gasteiger partial charge on any atom is -0.340 e. The first-order chi connectivity index (χ1) is 10.5. The lowest BCUT2D eigenvalue weighted by atomic mass is 10.1. The molecule has 2 aromatic heterocycles. The van der Waals surface area contributed by atoms with Gasteiger partial charge in [0.1, 0.15) is 12.1 Å². The molecule has 0 aliphatic heterocycles. The van der Waals surface area contributed by atoms with Crippen LogP contribution in [0.25, 0.3) is 5.82 Å². The molecule has 1 N–H and O–H groups in total. The standard InChI is InChI=1S/C17H19N5/c1-11-5-6-12(2)15(7-11)20-16-9-17(19-10-18-16)22-14(4)8-13(3)21-22/h5-10H,1-4H3,(H,18,19,20). The molecule has 0 unspecified atom stereocenters. The predicted octanol–water partition coefficient (Wildman–Crippen LogP) is 3.64. The first kappa shape index (κ1) is 14.3. The van der Waals surface area contributed by atoms with E-state index in [2.05, 4.69) is 52.4 Å². The lowest BCUT2D eigenvalue weighted by molar-refractivity contribution is 0.801. The Labute approximate surface area is 130 Å². The van der Waals surface area contributed by atoms with E-state index < -0.39 is 0 Å². The molecule has 0 fully saturated rings. The van der Waals surface area contributed by atoms with Crippen LogP contribution in [0, 0.1) is 27.7 Å². The SMILES string of the molecule is Cc1ccc(C)c(Nc2cc(-n3nc(C)cc3C)ncn2)c1. The van der Waals surface area contributed by atoms with E-state index in [-0.39, 0.29) is 0 Å². The van der Waals surface area contributed by atoms with Crippen LogP contribution in [0.1, 0.15) is 22.5 Å². The van der Waals surface area contributed by atoms with Gasteiger partial charge in [-0.3, -0.25) is 0 Å². The number of aryl methyl sites for hydroxylation is 4. The molecule has 0 saturated carbocycles. The minimum atomic E-state index is 0.756. The zero-order valence-corrected chi connectivity index (χ0v) is 13.3. The summed E-state index contributed by atoms with van der Waals surface area (Å²) in [5.74, 6) is 1.51. The van der Waals surface area contributed by atoms with Gasteiger partial charge in [-0.05, 0) is 51.0 Å². The summed E-state index contributed by atoms with van der Waals surface area (Å²) in [6.45, 7) is 8.14. The Morgan fingerprint density at radius 3 is 2.50 bits per heavy atom. The monoisotopic (exact) mass is 293 g/mol. The van der Waals surface area contributed by atoms with E-state index in [1.54, 1.807) is 6.33 Å². The maximum absolute atomic E-state index is 4.46. The highest BCUT2D eigenvalue weighted by molar-refractivity contribution is 5.62. The van der Waals surface area contributed by atoms with Gasteiger partial charge in [0.25, 0.3) is 0 Å². The van der Waals surface area contributed by atoms with Gasteiger partial charge in [-0.1, -0.05) is 12.1 Å². The quantitative estimate of drug-likeness (QED) is 0.801. The third kappa shape index (κ3) is 2.83. The summed E-state index contributed by atoms with van der Waals surface area (Å²) in [4.78, 5) is 8.62. The first-order valence-corrected chi connectivity index (χ1v) is 7.23. The smallest absolute Gasteiger partial charge is 0.159 e. The molecule has 0 atom stereocenters. The molecule has 0 radical (unpaired) electrons. The Balaban J connectivity index is 1.94. The van der Waals surface area contributed by atoms with Gasteiger partial charge in [-0.2, -0.15) is 5.10 Å². The minimum absolute atomic E-state index is 0.756. The van der Waals surface area contributed by atoms with Gasteiger partial charge in [0.05, 0.1) is 5.69 Å². The zero-order valence-electron chi connectivity index (χ0n) is 13.3. The van der Waals surface area contributed by atoms with E-state index in [4.69, 9.17) is 0 Å². The van der Waals surface area contributed by atoms with Crippen LogP contribution in [0.4, 0.5) is 11.5 Å². The van der Waals surface area contributed by atoms with E-state index in [0.29, 0.717) is 0 Å². The predicted molar refractivity (Wildman–Crippen MR) is 87.8 cm³/mol. The molecular weight excluding hydrogens is 274 g/mol. The van der Waals surface area contributed by atoms with Crippen LogP contribution >= 0.6 is 0 Å². The largest absolute Gasteiger partial charge is 0.340 e. The summed E-state index contributed by atoms with van der Waals surface area (Å²) in [7, 11) is 0. The number of benzene rings is 1. The Hall–Kier alpha value is -2.69. The van der Waals surface area contributed by atoms with E-state index in [1.165, 1.54) is 11.1 Å². The molecule has 5 nitrogen and oxygen atoms in total. The summed E-state index contributed by atoms with van der Waals surface area (Å²) >= 11 is 0. The maximum Gasteiger partial charge on any atom is 0.159 e. The van der Waals surface area contributed by atoms with Gasteiger partial charge in [0, 0.05) is 17.4 Å². The average Bonchev–Trinajstić information content (AvgIpc) is 2.82. The number of rotatable bonds is 3. The highest BCUT2D eigenvalue weighted by Gasteiger charge is 2.07. The fourth-order valence-corrected chi connectivity index (χ4v) is 2.40. The molecule has 0 bridgehead atoms. The number of nitrogens with zero attached hydrogens (tertiary/aromatic N) is 4. The van der Waals surface area contributed by atoms with E-state index in [9.17, 15) is 0 Å². The van der Waals surface area contributed by atoms with Crippen molar-refractivity contribution in [1.82, 2.24) is 19.7 Å². The molecule has 3 rings (SSSR count). The topological polar surface area (TPSA) is 55.6 Å². The molecule has 2 heterocycles. The van der Waals surface area contributed by atoms with Gasteiger partial charge in [0.15, 0.2) is 5.82 Å². The molecule has 22 heavy (non-hydrogen) atoms. The van der Waals surface area contributed by atoms with Crippen molar-refractivity contribution in [3.63, 3.8) is 0 Å². The van der Waals surface area contributed by atoms with Crippen molar-refractivity contribution in [1.29, 1.82) is 0 Å². The molecule has 5 heteroatoms. The number of anilines is 2. The van der Waals surface area contributed by atoms with Gasteiger partial charge in [0.2, 0.25) is 0 Å². The highest BCUT2D eigenvalue weighted by atomic mass is 15.3. The summed E-state index contributed by atoms with van der Waals surface area (Å²) in [6, 6.07) is 10.2. The third-order valence-electron chi connectivity index (χ3n) is 3.54. The van der Waals surface area contributed by atoms with E-state index in [0.717, 1.165) is 28.7 Å². The molecule has 0 amide bonds. The van der Waals surface area contributed by atoms with Crippen molar-refractivity contribution in [3.8, 4) is 5.82 Å². The molecule has 112 valence electrons. The molecule has 0 aliphatic rings. The van der Waals surface area contributed by atoms with Crippen LogP contribution in [0.15, 0.2) is 36.7 Å². The van der Waals surface area contributed by atoms with Gasteiger partial charge in [-0.25, -0.2) is 14.6 Å². The first-order valence-electron chi connectivity index (χ1n) is 7.23.